The zero-order valence-corrected chi connectivity index (χ0v) is 16.2. The number of nitrogens with one attached hydrogen (secondary N) is 1. The molecule has 7 nitrogen and oxygen atoms in total. The normalized spacial score (nSPS) is 25.8. The Labute approximate surface area is 155 Å². The molecule has 4 rings (SSSR count). The Morgan fingerprint density at radius 3 is 2.92 bits per heavy atom. The lowest BCUT2D eigenvalue weighted by Crippen LogP contribution is -2.58. The van der Waals surface area contributed by atoms with Gasteiger partial charge < -0.3 is 10.1 Å². The fourth-order valence-electron chi connectivity index (χ4n) is 4.05. The molecule has 2 aliphatic heterocycles. The zero-order valence-electron chi connectivity index (χ0n) is 15.3. The molecule has 1 aromatic rings. The van der Waals surface area contributed by atoms with Crippen LogP contribution in [0.1, 0.15) is 39.0 Å². The molecule has 1 N–H and O–H groups in total. The molecule has 2 bridgehead atoms. The van der Waals surface area contributed by atoms with Crippen molar-refractivity contribution < 1.29 is 17.9 Å². The van der Waals surface area contributed by atoms with Crippen LogP contribution in [-0.2, 0) is 14.8 Å². The van der Waals surface area contributed by atoms with Crippen molar-refractivity contribution in [3.8, 4) is 5.75 Å². The van der Waals surface area contributed by atoms with Crippen LogP contribution in [0.4, 0.5) is 5.82 Å². The molecule has 1 aromatic heterocycles. The quantitative estimate of drug-likeness (QED) is 0.783. The van der Waals surface area contributed by atoms with Crippen molar-refractivity contribution in [3.05, 3.63) is 18.3 Å². The maximum atomic E-state index is 12.9. The van der Waals surface area contributed by atoms with Crippen molar-refractivity contribution in [1.29, 1.82) is 0 Å². The van der Waals surface area contributed by atoms with Crippen LogP contribution in [0, 0.1) is 11.8 Å². The summed E-state index contributed by atoms with van der Waals surface area (Å²) in [4.78, 5) is 17.0. The molecule has 0 unspecified atom stereocenters. The van der Waals surface area contributed by atoms with Gasteiger partial charge >= 0.3 is 0 Å². The van der Waals surface area contributed by atoms with E-state index in [9.17, 15) is 13.2 Å². The third-order valence-electron chi connectivity index (χ3n) is 5.41. The van der Waals surface area contributed by atoms with E-state index in [4.69, 9.17) is 4.74 Å². The maximum absolute atomic E-state index is 12.9. The van der Waals surface area contributed by atoms with Gasteiger partial charge in [0.25, 0.3) is 0 Å². The molecule has 0 radical (unpaired) electrons. The van der Waals surface area contributed by atoms with Crippen molar-refractivity contribution in [2.45, 2.75) is 45.1 Å². The average Bonchev–Trinajstić information content (AvgIpc) is 2.67. The summed E-state index contributed by atoms with van der Waals surface area (Å²) in [5.74, 6) is 0.765. The topological polar surface area (TPSA) is 88.6 Å². The third-order valence-corrected chi connectivity index (χ3v) is 7.35. The lowest BCUT2D eigenvalue weighted by atomic mass is 9.73. The number of sulfonamides is 1. The minimum atomic E-state index is -3.32. The molecule has 1 amide bonds. The van der Waals surface area contributed by atoms with E-state index in [0.29, 0.717) is 24.5 Å². The summed E-state index contributed by atoms with van der Waals surface area (Å²) in [6.45, 7) is 2.53. The van der Waals surface area contributed by atoms with Gasteiger partial charge in [-0.2, -0.15) is 4.31 Å². The highest BCUT2D eigenvalue weighted by molar-refractivity contribution is 7.89. The van der Waals surface area contributed by atoms with Gasteiger partial charge in [0.15, 0.2) is 11.6 Å². The molecule has 3 heterocycles. The fraction of sp³-hybridized carbons (Fsp3) is 0.667. The van der Waals surface area contributed by atoms with E-state index < -0.39 is 10.0 Å². The van der Waals surface area contributed by atoms with Gasteiger partial charge in [-0.05, 0) is 43.7 Å². The van der Waals surface area contributed by atoms with Gasteiger partial charge in [0.05, 0.1) is 18.8 Å². The summed E-state index contributed by atoms with van der Waals surface area (Å²) in [6, 6.07) is 3.22. The lowest BCUT2D eigenvalue weighted by molar-refractivity contribution is -0.125. The molecule has 0 spiro atoms. The number of nitrogens with zero attached hydrogens (tertiary/aromatic N) is 2. The van der Waals surface area contributed by atoms with E-state index >= 15 is 0 Å². The monoisotopic (exact) mass is 381 g/mol. The zero-order chi connectivity index (χ0) is 18.7. The standard InChI is InChI=1S/C18H27N3O4S/c1-3-4-10-26(23,24)21-12-13-7-8-15(21)14(11-13)18(22)20-17-16(25-2)6-5-9-19-17/h5-6,9,13-15H,3-4,7-8,10-12H2,1-2H3,(H,19,20,22)/t13-,14+,15+/m0/s1. The van der Waals surface area contributed by atoms with Crippen LogP contribution in [0.2, 0.25) is 0 Å². The minimum absolute atomic E-state index is 0.162. The van der Waals surface area contributed by atoms with Crippen LogP contribution in [0.3, 0.4) is 0 Å². The number of anilines is 1. The minimum Gasteiger partial charge on any atom is -0.493 e. The molecule has 0 aromatic carbocycles. The van der Waals surface area contributed by atoms with E-state index in [0.717, 1.165) is 25.7 Å². The van der Waals surface area contributed by atoms with Crippen molar-refractivity contribution in [2.75, 3.05) is 24.7 Å². The van der Waals surface area contributed by atoms with Crippen molar-refractivity contribution >= 4 is 21.7 Å². The van der Waals surface area contributed by atoms with Crippen molar-refractivity contribution in [1.82, 2.24) is 9.29 Å². The number of carbonyl (C=O) groups excluding carboxylic acids is 1. The van der Waals surface area contributed by atoms with E-state index in [2.05, 4.69) is 10.3 Å². The predicted molar refractivity (Wildman–Crippen MR) is 99.4 cm³/mol. The number of unbranched alkanes of at least 4 members (excludes halogenated alkanes) is 1. The number of ether oxygens (including phenoxy) is 1. The summed E-state index contributed by atoms with van der Waals surface area (Å²) >= 11 is 0. The number of rotatable bonds is 7. The molecule has 144 valence electrons. The summed E-state index contributed by atoms with van der Waals surface area (Å²) < 4.78 is 32.3. The highest BCUT2D eigenvalue weighted by Crippen LogP contribution is 2.41. The van der Waals surface area contributed by atoms with Crippen molar-refractivity contribution in [2.24, 2.45) is 11.8 Å². The second-order valence-corrected chi connectivity index (χ2v) is 9.18. The first kappa shape index (κ1) is 19.1. The Hall–Kier alpha value is -1.67. The number of carbonyl (C=O) groups is 1. The van der Waals surface area contributed by atoms with Gasteiger partial charge in [-0.1, -0.05) is 13.3 Å². The highest BCUT2D eigenvalue weighted by atomic mass is 32.2. The number of hydrogen-bond donors (Lipinski definition) is 1. The Morgan fingerprint density at radius 2 is 2.23 bits per heavy atom. The first-order valence-corrected chi connectivity index (χ1v) is 10.9. The van der Waals surface area contributed by atoms with E-state index in [-0.39, 0.29) is 29.5 Å². The molecule has 3 atom stereocenters. The number of hydrogen-bond acceptors (Lipinski definition) is 5. The average molecular weight is 381 g/mol. The number of amides is 1. The van der Waals surface area contributed by atoms with Crippen LogP contribution in [0.15, 0.2) is 18.3 Å². The van der Waals surface area contributed by atoms with Crippen molar-refractivity contribution in [3.63, 3.8) is 0 Å². The smallest absolute Gasteiger partial charge is 0.230 e. The number of pyridine rings is 1. The molecular formula is C18H27N3O4S. The molecule has 3 fully saturated rings. The number of aromatic nitrogens is 1. The fourth-order valence-corrected chi connectivity index (χ4v) is 6.04. The van der Waals surface area contributed by atoms with Crippen LogP contribution in [0.25, 0.3) is 0 Å². The third kappa shape index (κ3) is 3.86. The first-order valence-electron chi connectivity index (χ1n) is 9.25. The predicted octanol–water partition coefficient (Wildman–Crippen LogP) is 2.26. The second-order valence-electron chi connectivity index (χ2n) is 7.14. The van der Waals surface area contributed by atoms with Gasteiger partial charge in [0, 0.05) is 18.8 Å². The van der Waals surface area contributed by atoms with E-state index in [1.807, 2.05) is 6.92 Å². The highest BCUT2D eigenvalue weighted by Gasteiger charge is 2.48. The van der Waals surface area contributed by atoms with Gasteiger partial charge in [0.1, 0.15) is 0 Å². The number of methoxy groups -OCH3 is 1. The number of piperidine rings is 2. The maximum Gasteiger partial charge on any atom is 0.230 e. The Balaban J connectivity index is 1.76. The Bertz CT molecular complexity index is 753. The van der Waals surface area contributed by atoms with Crippen LogP contribution >= 0.6 is 0 Å². The molecule has 26 heavy (non-hydrogen) atoms. The second kappa shape index (κ2) is 7.92. The molecule has 2 saturated heterocycles. The molecule has 8 heteroatoms. The van der Waals surface area contributed by atoms with Crippen LogP contribution in [-0.4, -0.2) is 49.1 Å². The largest absolute Gasteiger partial charge is 0.493 e. The van der Waals surface area contributed by atoms with E-state index in [1.54, 1.807) is 22.6 Å². The van der Waals surface area contributed by atoms with E-state index in [1.165, 1.54) is 7.11 Å². The lowest BCUT2D eigenvalue weighted by Gasteiger charge is -2.48. The number of fused-ring (bicyclic) bond motifs is 3. The van der Waals surface area contributed by atoms with Crippen LogP contribution in [0.5, 0.6) is 5.75 Å². The summed E-state index contributed by atoms with van der Waals surface area (Å²) in [7, 11) is -1.79. The van der Waals surface area contributed by atoms with Gasteiger partial charge in [-0.15, -0.1) is 0 Å². The van der Waals surface area contributed by atoms with Gasteiger partial charge in [-0.3, -0.25) is 4.79 Å². The first-order chi connectivity index (χ1) is 12.5. The summed E-state index contributed by atoms with van der Waals surface area (Å²) in [5, 5.41) is 2.83. The van der Waals surface area contributed by atoms with Crippen LogP contribution < -0.4 is 10.1 Å². The Morgan fingerprint density at radius 1 is 1.42 bits per heavy atom. The molecule has 3 aliphatic rings. The van der Waals surface area contributed by atoms with Gasteiger partial charge in [-0.25, -0.2) is 13.4 Å². The molecule has 1 aliphatic carbocycles. The van der Waals surface area contributed by atoms with Gasteiger partial charge in [0.2, 0.25) is 15.9 Å². The summed E-state index contributed by atoms with van der Waals surface area (Å²) in [5.41, 5.74) is 0. The summed E-state index contributed by atoms with van der Waals surface area (Å²) in [6.07, 6.45) is 5.54. The molecule has 1 saturated carbocycles. The molecular weight excluding hydrogens is 354 g/mol. The Kier molecular flexibility index (Phi) is 5.82. The SMILES string of the molecule is CCCCS(=O)(=O)N1C[C@H]2CC[C@@H]1[C@H](C(=O)Nc1ncccc1OC)C2.